The van der Waals surface area contributed by atoms with E-state index in [4.69, 9.17) is 0 Å². The maximum atomic E-state index is 12.9. The van der Waals surface area contributed by atoms with Crippen LogP contribution in [-0.4, -0.2) is 17.7 Å². The summed E-state index contributed by atoms with van der Waals surface area (Å²) in [5.74, 6) is -0.418. The van der Waals surface area contributed by atoms with E-state index in [1.54, 1.807) is 0 Å². The van der Waals surface area contributed by atoms with Gasteiger partial charge < -0.3 is 5.32 Å². The molecule has 1 aromatic rings. The summed E-state index contributed by atoms with van der Waals surface area (Å²) >= 11 is 0. The molecule has 0 amide bonds. The van der Waals surface area contributed by atoms with Crippen LogP contribution < -0.4 is 5.32 Å². The number of nitrogens with zero attached hydrogens (tertiary/aromatic N) is 1. The lowest BCUT2D eigenvalue weighted by atomic mass is 10.1. The smallest absolute Gasteiger partial charge is 0.310 e. The Morgan fingerprint density at radius 2 is 2.00 bits per heavy atom. The average Bonchev–Trinajstić information content (AvgIpc) is 2.26. The third-order valence-corrected chi connectivity index (χ3v) is 2.56. The summed E-state index contributed by atoms with van der Waals surface area (Å²) < 4.78 is 48.5. The van der Waals surface area contributed by atoms with Crippen molar-refractivity contribution in [2.24, 2.45) is 0 Å². The van der Waals surface area contributed by atoms with E-state index in [1.165, 1.54) is 12.3 Å². The molecule has 0 bridgehead atoms. The first-order valence-electron chi connectivity index (χ1n) is 5.79. The summed E-state index contributed by atoms with van der Waals surface area (Å²) in [5.41, 5.74) is 0.686. The lowest BCUT2D eigenvalue weighted by Crippen LogP contribution is -2.20. The molecule has 1 atom stereocenters. The van der Waals surface area contributed by atoms with Crippen LogP contribution in [0.4, 0.5) is 17.6 Å². The number of pyridine rings is 1. The highest BCUT2D eigenvalue weighted by Crippen LogP contribution is 2.22. The maximum Gasteiger partial charge on any atom is 0.389 e. The van der Waals surface area contributed by atoms with E-state index < -0.39 is 18.4 Å². The van der Waals surface area contributed by atoms with E-state index in [9.17, 15) is 17.6 Å². The predicted octanol–water partition coefficient (Wildman–Crippen LogP) is 3.60. The van der Waals surface area contributed by atoms with Crippen molar-refractivity contribution < 1.29 is 17.6 Å². The molecule has 0 aliphatic heterocycles. The Balaban J connectivity index is 2.23. The standard InChI is InChI=1S/C12H16F4N2/c1-9(10-6-11(13)8-17-7-10)18-5-3-2-4-12(14,15)16/h6-9,18H,2-5H2,1H3. The largest absolute Gasteiger partial charge is 0.389 e. The van der Waals surface area contributed by atoms with Crippen molar-refractivity contribution in [1.82, 2.24) is 10.3 Å². The molecule has 1 heterocycles. The van der Waals surface area contributed by atoms with Crippen molar-refractivity contribution in [2.75, 3.05) is 6.54 Å². The van der Waals surface area contributed by atoms with E-state index >= 15 is 0 Å². The van der Waals surface area contributed by atoms with Gasteiger partial charge in [0.1, 0.15) is 5.82 Å². The van der Waals surface area contributed by atoms with Crippen LogP contribution in [0.25, 0.3) is 0 Å². The van der Waals surface area contributed by atoms with E-state index in [2.05, 4.69) is 10.3 Å². The molecule has 2 nitrogen and oxygen atoms in total. The van der Waals surface area contributed by atoms with Crippen molar-refractivity contribution in [3.63, 3.8) is 0 Å². The van der Waals surface area contributed by atoms with Gasteiger partial charge in [0.2, 0.25) is 0 Å². The number of hydrogen-bond donors (Lipinski definition) is 1. The zero-order valence-corrected chi connectivity index (χ0v) is 10.1. The number of unbranched alkanes of at least 4 members (excludes halogenated alkanes) is 1. The van der Waals surface area contributed by atoms with Crippen LogP contribution in [0.2, 0.25) is 0 Å². The Morgan fingerprint density at radius 1 is 1.28 bits per heavy atom. The minimum absolute atomic E-state index is 0.102. The van der Waals surface area contributed by atoms with Gasteiger partial charge in [0.15, 0.2) is 0 Å². The summed E-state index contributed by atoms with van der Waals surface area (Å²) in [4.78, 5) is 3.72. The molecule has 1 unspecified atom stereocenters. The van der Waals surface area contributed by atoms with Gasteiger partial charge in [-0.05, 0) is 37.9 Å². The van der Waals surface area contributed by atoms with Crippen molar-refractivity contribution in [1.29, 1.82) is 0 Å². The van der Waals surface area contributed by atoms with Gasteiger partial charge in [-0.1, -0.05) is 0 Å². The minimum atomic E-state index is -4.09. The second-order valence-corrected chi connectivity index (χ2v) is 4.18. The molecule has 0 spiro atoms. The molecule has 1 N–H and O–H groups in total. The number of hydrogen-bond acceptors (Lipinski definition) is 2. The topological polar surface area (TPSA) is 24.9 Å². The maximum absolute atomic E-state index is 12.9. The molecule has 18 heavy (non-hydrogen) atoms. The van der Waals surface area contributed by atoms with Crippen LogP contribution >= 0.6 is 0 Å². The van der Waals surface area contributed by atoms with Crippen molar-refractivity contribution >= 4 is 0 Å². The monoisotopic (exact) mass is 264 g/mol. The van der Waals surface area contributed by atoms with Crippen molar-refractivity contribution in [2.45, 2.75) is 38.4 Å². The summed E-state index contributed by atoms with van der Waals surface area (Å²) in [5, 5.41) is 3.04. The Bertz CT molecular complexity index is 365. The fourth-order valence-corrected chi connectivity index (χ4v) is 1.55. The molecular formula is C12H16F4N2. The van der Waals surface area contributed by atoms with Gasteiger partial charge in [0.25, 0.3) is 0 Å². The molecular weight excluding hydrogens is 248 g/mol. The Labute approximate surface area is 103 Å². The van der Waals surface area contributed by atoms with E-state index in [0.717, 1.165) is 6.20 Å². The number of aromatic nitrogens is 1. The van der Waals surface area contributed by atoms with Crippen LogP contribution in [0.5, 0.6) is 0 Å². The minimum Gasteiger partial charge on any atom is -0.310 e. The van der Waals surface area contributed by atoms with Gasteiger partial charge in [0.05, 0.1) is 6.20 Å². The first-order chi connectivity index (χ1) is 8.38. The van der Waals surface area contributed by atoms with Crippen LogP contribution in [0.3, 0.4) is 0 Å². The molecule has 0 aliphatic carbocycles. The zero-order chi connectivity index (χ0) is 13.6. The second kappa shape index (κ2) is 6.68. The first-order valence-corrected chi connectivity index (χ1v) is 5.79. The fourth-order valence-electron chi connectivity index (χ4n) is 1.55. The lowest BCUT2D eigenvalue weighted by molar-refractivity contribution is -0.135. The predicted molar refractivity (Wildman–Crippen MR) is 60.5 cm³/mol. The summed E-state index contributed by atoms with van der Waals surface area (Å²) in [6.07, 6.45) is -1.66. The van der Waals surface area contributed by atoms with E-state index in [1.807, 2.05) is 6.92 Å². The van der Waals surface area contributed by atoms with E-state index in [0.29, 0.717) is 18.5 Å². The molecule has 0 saturated carbocycles. The van der Waals surface area contributed by atoms with Gasteiger partial charge in [0, 0.05) is 18.7 Å². The molecule has 102 valence electrons. The summed E-state index contributed by atoms with van der Waals surface area (Å²) in [6.45, 7) is 2.29. The van der Waals surface area contributed by atoms with Gasteiger partial charge in [-0.15, -0.1) is 0 Å². The summed E-state index contributed by atoms with van der Waals surface area (Å²) in [7, 11) is 0. The number of rotatable bonds is 6. The van der Waals surface area contributed by atoms with Gasteiger partial charge in [-0.2, -0.15) is 13.2 Å². The highest BCUT2D eigenvalue weighted by atomic mass is 19.4. The zero-order valence-electron chi connectivity index (χ0n) is 10.1. The highest BCUT2D eigenvalue weighted by molar-refractivity contribution is 5.14. The lowest BCUT2D eigenvalue weighted by Gasteiger charge is -2.14. The van der Waals surface area contributed by atoms with Crippen LogP contribution in [0, 0.1) is 5.82 Å². The quantitative estimate of drug-likeness (QED) is 0.627. The van der Waals surface area contributed by atoms with Crippen LogP contribution in [-0.2, 0) is 0 Å². The molecule has 1 aromatic heterocycles. The van der Waals surface area contributed by atoms with Gasteiger partial charge in [-0.3, -0.25) is 4.98 Å². The van der Waals surface area contributed by atoms with E-state index in [-0.39, 0.29) is 12.5 Å². The Kier molecular flexibility index (Phi) is 5.53. The SMILES string of the molecule is CC(NCCCCC(F)(F)F)c1cncc(F)c1. The van der Waals surface area contributed by atoms with Crippen molar-refractivity contribution in [3.05, 3.63) is 29.8 Å². The molecule has 0 saturated heterocycles. The highest BCUT2D eigenvalue weighted by Gasteiger charge is 2.25. The molecule has 0 aromatic carbocycles. The average molecular weight is 264 g/mol. The Hall–Kier alpha value is -1.17. The number of halogens is 4. The third kappa shape index (κ3) is 5.95. The normalized spacial score (nSPS) is 13.6. The van der Waals surface area contributed by atoms with Gasteiger partial charge >= 0.3 is 6.18 Å². The Morgan fingerprint density at radius 3 is 2.61 bits per heavy atom. The molecule has 6 heteroatoms. The summed E-state index contributed by atoms with van der Waals surface area (Å²) in [6, 6.07) is 1.24. The second-order valence-electron chi connectivity index (χ2n) is 4.18. The first kappa shape index (κ1) is 14.9. The van der Waals surface area contributed by atoms with Gasteiger partial charge in [-0.25, -0.2) is 4.39 Å². The third-order valence-electron chi connectivity index (χ3n) is 2.56. The number of alkyl halides is 3. The molecule has 0 radical (unpaired) electrons. The van der Waals surface area contributed by atoms with Crippen LogP contribution in [0.15, 0.2) is 18.5 Å². The molecule has 0 aliphatic rings. The fraction of sp³-hybridized carbons (Fsp3) is 0.583. The van der Waals surface area contributed by atoms with Crippen molar-refractivity contribution in [3.8, 4) is 0 Å². The number of nitrogens with one attached hydrogen (secondary N) is 1. The molecule has 0 fully saturated rings. The van der Waals surface area contributed by atoms with Crippen LogP contribution in [0.1, 0.15) is 37.8 Å². The molecule has 1 rings (SSSR count).